The Morgan fingerprint density at radius 2 is 2.25 bits per heavy atom. The highest BCUT2D eigenvalue weighted by Crippen LogP contribution is 2.21. The van der Waals surface area contributed by atoms with Crippen molar-refractivity contribution in [2.45, 2.75) is 6.92 Å². The van der Waals surface area contributed by atoms with Gasteiger partial charge in [0.2, 0.25) is 0 Å². The summed E-state index contributed by atoms with van der Waals surface area (Å²) in [5.74, 6) is 0. The number of hydrogen-bond acceptors (Lipinski definition) is 3. The SMILES string of the molecule is Cc1cc(Cl)c2nnn(O)c2c1. The first-order valence-electron chi connectivity index (χ1n) is 3.39. The molecular weight excluding hydrogens is 178 g/mol. The molecule has 12 heavy (non-hydrogen) atoms. The largest absolute Gasteiger partial charge is 0.410 e. The van der Waals surface area contributed by atoms with Crippen molar-refractivity contribution in [3.63, 3.8) is 0 Å². The molecule has 0 radical (unpaired) electrons. The molecule has 0 amide bonds. The van der Waals surface area contributed by atoms with E-state index in [1.165, 1.54) is 0 Å². The average molecular weight is 184 g/mol. The molecular formula is C7H6ClN3O. The summed E-state index contributed by atoms with van der Waals surface area (Å²) in [6.07, 6.45) is 0. The maximum Gasteiger partial charge on any atom is 0.135 e. The van der Waals surface area contributed by atoms with E-state index in [2.05, 4.69) is 10.3 Å². The van der Waals surface area contributed by atoms with Crippen molar-refractivity contribution >= 4 is 22.6 Å². The highest BCUT2D eigenvalue weighted by Gasteiger charge is 2.07. The van der Waals surface area contributed by atoms with E-state index < -0.39 is 0 Å². The number of fused-ring (bicyclic) bond motifs is 1. The first-order chi connectivity index (χ1) is 5.68. The van der Waals surface area contributed by atoms with Gasteiger partial charge in [-0.3, -0.25) is 0 Å². The van der Waals surface area contributed by atoms with Crippen molar-refractivity contribution in [2.75, 3.05) is 0 Å². The summed E-state index contributed by atoms with van der Waals surface area (Å²) in [5, 5.41) is 16.8. The van der Waals surface area contributed by atoms with Crippen molar-refractivity contribution in [2.24, 2.45) is 0 Å². The van der Waals surface area contributed by atoms with Crippen molar-refractivity contribution in [1.82, 2.24) is 15.2 Å². The summed E-state index contributed by atoms with van der Waals surface area (Å²) < 4.78 is 0. The lowest BCUT2D eigenvalue weighted by Crippen LogP contribution is -1.91. The molecule has 0 saturated carbocycles. The molecule has 0 bridgehead atoms. The zero-order valence-electron chi connectivity index (χ0n) is 6.32. The average Bonchev–Trinajstić information content (AvgIpc) is 2.33. The highest BCUT2D eigenvalue weighted by atomic mass is 35.5. The Balaban J connectivity index is 2.92. The molecule has 0 aliphatic heterocycles. The van der Waals surface area contributed by atoms with Crippen LogP contribution in [0, 0.1) is 6.92 Å². The first kappa shape index (κ1) is 7.36. The fraction of sp³-hybridized carbons (Fsp3) is 0.143. The third-order valence-corrected chi connectivity index (χ3v) is 1.92. The lowest BCUT2D eigenvalue weighted by atomic mass is 10.2. The van der Waals surface area contributed by atoms with Crippen LogP contribution in [0.2, 0.25) is 5.02 Å². The van der Waals surface area contributed by atoms with Crippen LogP contribution in [-0.4, -0.2) is 20.4 Å². The van der Waals surface area contributed by atoms with E-state index >= 15 is 0 Å². The van der Waals surface area contributed by atoms with E-state index in [1.807, 2.05) is 6.92 Å². The van der Waals surface area contributed by atoms with Crippen LogP contribution in [0.4, 0.5) is 0 Å². The van der Waals surface area contributed by atoms with Crippen LogP contribution in [0.1, 0.15) is 5.56 Å². The number of benzene rings is 1. The molecule has 0 unspecified atom stereocenters. The van der Waals surface area contributed by atoms with E-state index in [0.717, 1.165) is 5.56 Å². The second-order valence-electron chi connectivity index (χ2n) is 2.59. The topological polar surface area (TPSA) is 50.9 Å². The molecule has 0 aliphatic rings. The molecule has 1 aromatic carbocycles. The summed E-state index contributed by atoms with van der Waals surface area (Å²) in [4.78, 5) is 0.716. The second-order valence-corrected chi connectivity index (χ2v) is 3.00. The Morgan fingerprint density at radius 3 is 3.00 bits per heavy atom. The Hall–Kier alpha value is -1.29. The lowest BCUT2D eigenvalue weighted by Gasteiger charge is -1.95. The predicted molar refractivity (Wildman–Crippen MR) is 44.5 cm³/mol. The fourth-order valence-electron chi connectivity index (χ4n) is 1.10. The molecule has 1 aromatic heterocycles. The van der Waals surface area contributed by atoms with E-state index in [9.17, 15) is 0 Å². The highest BCUT2D eigenvalue weighted by molar-refractivity contribution is 6.34. The van der Waals surface area contributed by atoms with Crippen LogP contribution in [0.15, 0.2) is 12.1 Å². The number of rotatable bonds is 0. The fourth-order valence-corrected chi connectivity index (χ4v) is 1.41. The smallest absolute Gasteiger partial charge is 0.135 e. The van der Waals surface area contributed by atoms with E-state index in [1.54, 1.807) is 12.1 Å². The third kappa shape index (κ3) is 0.921. The number of aromatic nitrogens is 3. The van der Waals surface area contributed by atoms with Gasteiger partial charge in [0.1, 0.15) is 11.0 Å². The lowest BCUT2D eigenvalue weighted by molar-refractivity contribution is 0.154. The molecule has 2 aromatic rings. The van der Waals surface area contributed by atoms with Gasteiger partial charge < -0.3 is 5.21 Å². The molecule has 0 saturated heterocycles. The quantitative estimate of drug-likeness (QED) is 0.632. The maximum absolute atomic E-state index is 9.14. The van der Waals surface area contributed by atoms with Crippen molar-refractivity contribution in [3.8, 4) is 0 Å². The van der Waals surface area contributed by atoms with Crippen molar-refractivity contribution in [3.05, 3.63) is 22.7 Å². The number of aryl methyl sites for hydroxylation is 1. The second kappa shape index (κ2) is 2.35. The minimum Gasteiger partial charge on any atom is -0.410 e. The zero-order chi connectivity index (χ0) is 8.72. The van der Waals surface area contributed by atoms with Crippen LogP contribution in [0.25, 0.3) is 11.0 Å². The van der Waals surface area contributed by atoms with E-state index in [0.29, 0.717) is 20.9 Å². The van der Waals surface area contributed by atoms with Crippen LogP contribution < -0.4 is 0 Å². The molecule has 5 heteroatoms. The van der Waals surface area contributed by atoms with E-state index in [4.69, 9.17) is 16.8 Å². The number of halogens is 1. The Kier molecular flexibility index (Phi) is 1.44. The van der Waals surface area contributed by atoms with Crippen LogP contribution in [0.3, 0.4) is 0 Å². The summed E-state index contributed by atoms with van der Waals surface area (Å²) in [6, 6.07) is 3.54. The summed E-state index contributed by atoms with van der Waals surface area (Å²) >= 11 is 5.85. The molecule has 0 fully saturated rings. The van der Waals surface area contributed by atoms with Crippen molar-refractivity contribution in [1.29, 1.82) is 0 Å². The third-order valence-electron chi connectivity index (χ3n) is 1.63. The monoisotopic (exact) mass is 183 g/mol. The molecule has 1 heterocycles. The van der Waals surface area contributed by atoms with Gasteiger partial charge in [-0.05, 0) is 29.8 Å². The van der Waals surface area contributed by atoms with Gasteiger partial charge in [-0.1, -0.05) is 16.4 Å². The van der Waals surface area contributed by atoms with Gasteiger partial charge in [0, 0.05) is 0 Å². The van der Waals surface area contributed by atoms with Crippen LogP contribution in [0.5, 0.6) is 0 Å². The van der Waals surface area contributed by atoms with Gasteiger partial charge in [0.25, 0.3) is 0 Å². The molecule has 1 N–H and O–H groups in total. The van der Waals surface area contributed by atoms with Crippen LogP contribution in [-0.2, 0) is 0 Å². The molecule has 0 aliphatic carbocycles. The maximum atomic E-state index is 9.14. The Bertz CT molecular complexity index is 437. The summed E-state index contributed by atoms with van der Waals surface area (Å²) in [6.45, 7) is 1.89. The molecule has 2 rings (SSSR count). The molecule has 62 valence electrons. The zero-order valence-corrected chi connectivity index (χ0v) is 7.08. The van der Waals surface area contributed by atoms with Crippen molar-refractivity contribution < 1.29 is 5.21 Å². The first-order valence-corrected chi connectivity index (χ1v) is 3.77. The summed E-state index contributed by atoms with van der Waals surface area (Å²) in [7, 11) is 0. The van der Waals surface area contributed by atoms with E-state index in [-0.39, 0.29) is 0 Å². The van der Waals surface area contributed by atoms with Crippen LogP contribution >= 0.6 is 11.6 Å². The standard InChI is InChI=1S/C7H6ClN3O/c1-4-2-5(8)7-6(3-4)11(12)10-9-7/h2-3,12H,1H3. The Morgan fingerprint density at radius 1 is 1.50 bits per heavy atom. The number of hydrogen-bond donors (Lipinski definition) is 1. The van der Waals surface area contributed by atoms with Gasteiger partial charge in [-0.2, -0.15) is 0 Å². The van der Waals surface area contributed by atoms with Gasteiger partial charge >= 0.3 is 0 Å². The van der Waals surface area contributed by atoms with Gasteiger partial charge in [0.05, 0.1) is 5.02 Å². The molecule has 0 atom stereocenters. The molecule has 0 spiro atoms. The minimum absolute atomic E-state index is 0.505. The number of nitrogens with zero attached hydrogens (tertiary/aromatic N) is 3. The molecule has 4 nitrogen and oxygen atoms in total. The summed E-state index contributed by atoms with van der Waals surface area (Å²) in [5.41, 5.74) is 2.01. The predicted octanol–water partition coefficient (Wildman–Crippen LogP) is 1.63. The Labute approximate surface area is 73.3 Å². The normalized spacial score (nSPS) is 10.8. The van der Waals surface area contributed by atoms with Gasteiger partial charge in [-0.25, -0.2) is 0 Å². The van der Waals surface area contributed by atoms with Gasteiger partial charge in [-0.15, -0.1) is 5.10 Å². The minimum atomic E-state index is 0.505. The van der Waals surface area contributed by atoms with Gasteiger partial charge in [0.15, 0.2) is 0 Å².